The highest BCUT2D eigenvalue weighted by Gasteiger charge is 2.52. The summed E-state index contributed by atoms with van der Waals surface area (Å²) in [5.74, 6) is -3.90. The molecule has 0 aromatic heterocycles. The fraction of sp³-hybridized carbons (Fsp3) is 0.923. The van der Waals surface area contributed by atoms with Crippen LogP contribution in [0.4, 0.5) is 13.2 Å². The van der Waals surface area contributed by atoms with Crippen LogP contribution in [0.2, 0.25) is 0 Å². The predicted octanol–water partition coefficient (Wildman–Crippen LogP) is 2.76. The molecule has 0 radical (unpaired) electrons. The quantitative estimate of drug-likeness (QED) is 0.863. The summed E-state index contributed by atoms with van der Waals surface area (Å²) in [6.45, 7) is 0.503. The molecule has 0 spiro atoms. The molecule has 2 fully saturated rings. The average Bonchev–Trinajstić information content (AvgIpc) is 2.74. The van der Waals surface area contributed by atoms with E-state index in [0.29, 0.717) is 12.5 Å². The van der Waals surface area contributed by atoms with Gasteiger partial charge in [-0.05, 0) is 18.8 Å². The second-order valence-corrected chi connectivity index (χ2v) is 5.82. The van der Waals surface area contributed by atoms with Crippen molar-refractivity contribution < 1.29 is 23.1 Å². The Balaban J connectivity index is 1.95. The van der Waals surface area contributed by atoms with Crippen LogP contribution in [0.1, 0.15) is 32.1 Å². The summed E-state index contributed by atoms with van der Waals surface area (Å²) in [4.78, 5) is 12.7. The number of hydrogen-bond donors (Lipinski definition) is 1. The molecule has 1 aliphatic carbocycles. The van der Waals surface area contributed by atoms with E-state index in [9.17, 15) is 18.0 Å². The van der Waals surface area contributed by atoms with Crippen molar-refractivity contribution in [2.75, 3.05) is 19.6 Å². The molecule has 0 bridgehead atoms. The van der Waals surface area contributed by atoms with Crippen LogP contribution >= 0.6 is 0 Å². The van der Waals surface area contributed by atoms with Gasteiger partial charge < -0.3 is 10.0 Å². The van der Waals surface area contributed by atoms with Gasteiger partial charge in [-0.15, -0.1) is 0 Å². The molecule has 1 aliphatic heterocycles. The zero-order chi connectivity index (χ0) is 14.0. The van der Waals surface area contributed by atoms with Gasteiger partial charge in [0.25, 0.3) is 0 Å². The molecule has 3 nitrogen and oxygen atoms in total. The maximum atomic E-state index is 12.8. The molecule has 19 heavy (non-hydrogen) atoms. The third-order valence-corrected chi connectivity index (χ3v) is 4.37. The van der Waals surface area contributed by atoms with Crippen molar-refractivity contribution in [3.63, 3.8) is 0 Å². The van der Waals surface area contributed by atoms with Crippen molar-refractivity contribution in [1.82, 2.24) is 4.90 Å². The summed E-state index contributed by atoms with van der Waals surface area (Å²) in [6, 6.07) is 0. The first-order chi connectivity index (χ1) is 8.88. The van der Waals surface area contributed by atoms with Crippen molar-refractivity contribution in [1.29, 1.82) is 0 Å². The molecule has 1 saturated heterocycles. The topological polar surface area (TPSA) is 40.5 Å². The van der Waals surface area contributed by atoms with Gasteiger partial charge in [0.15, 0.2) is 0 Å². The zero-order valence-electron chi connectivity index (χ0n) is 10.8. The van der Waals surface area contributed by atoms with Crippen LogP contribution < -0.4 is 0 Å². The third kappa shape index (κ3) is 3.61. The standard InChI is InChI=1S/C13H20F3NO2/c14-13(15,16)11-8-17(7-10(11)12(18)19)6-9-4-2-1-3-5-9/h9-11H,1-8H2,(H,18,19)/t10-,11-/m1/s1. The Bertz CT molecular complexity index is 326. The highest BCUT2D eigenvalue weighted by atomic mass is 19.4. The molecule has 2 aliphatic rings. The highest BCUT2D eigenvalue weighted by Crippen LogP contribution is 2.38. The van der Waals surface area contributed by atoms with Crippen molar-refractivity contribution >= 4 is 5.97 Å². The number of carboxylic acids is 1. The van der Waals surface area contributed by atoms with Gasteiger partial charge in [0.2, 0.25) is 0 Å². The number of nitrogens with zero attached hydrogens (tertiary/aromatic N) is 1. The normalized spacial score (nSPS) is 30.7. The average molecular weight is 279 g/mol. The number of halogens is 3. The van der Waals surface area contributed by atoms with Crippen LogP contribution in [0, 0.1) is 17.8 Å². The van der Waals surface area contributed by atoms with E-state index in [2.05, 4.69) is 0 Å². The van der Waals surface area contributed by atoms with E-state index in [-0.39, 0.29) is 13.1 Å². The van der Waals surface area contributed by atoms with Crippen LogP contribution in [-0.4, -0.2) is 41.8 Å². The summed E-state index contributed by atoms with van der Waals surface area (Å²) in [7, 11) is 0. The smallest absolute Gasteiger partial charge is 0.393 e. The minimum absolute atomic E-state index is 0.0377. The molecule has 1 saturated carbocycles. The summed E-state index contributed by atoms with van der Waals surface area (Å²) < 4.78 is 38.5. The van der Waals surface area contributed by atoms with Gasteiger partial charge in [0.05, 0.1) is 11.8 Å². The SMILES string of the molecule is O=C(O)[C@@H]1CN(CC2CCCCC2)C[C@H]1C(F)(F)F. The van der Waals surface area contributed by atoms with E-state index in [0.717, 1.165) is 25.7 Å². The van der Waals surface area contributed by atoms with Gasteiger partial charge in [-0.25, -0.2) is 0 Å². The lowest BCUT2D eigenvalue weighted by Crippen LogP contribution is -2.34. The van der Waals surface area contributed by atoms with Crippen molar-refractivity contribution in [3.05, 3.63) is 0 Å². The van der Waals surface area contributed by atoms with Crippen molar-refractivity contribution in [2.45, 2.75) is 38.3 Å². The van der Waals surface area contributed by atoms with Crippen molar-refractivity contribution in [3.8, 4) is 0 Å². The number of carboxylic acid groups (broad SMARTS) is 1. The Labute approximate surface area is 110 Å². The van der Waals surface area contributed by atoms with Gasteiger partial charge >= 0.3 is 12.1 Å². The maximum absolute atomic E-state index is 12.8. The summed E-state index contributed by atoms with van der Waals surface area (Å²) in [5.41, 5.74) is 0. The zero-order valence-corrected chi connectivity index (χ0v) is 10.8. The minimum atomic E-state index is -4.41. The summed E-state index contributed by atoms with van der Waals surface area (Å²) >= 11 is 0. The molecule has 6 heteroatoms. The molecule has 0 amide bonds. The van der Waals surface area contributed by atoms with Gasteiger partial charge in [0, 0.05) is 19.6 Å². The van der Waals surface area contributed by atoms with Crippen LogP contribution in [0.25, 0.3) is 0 Å². The Morgan fingerprint density at radius 3 is 2.26 bits per heavy atom. The Morgan fingerprint density at radius 2 is 1.79 bits per heavy atom. The Kier molecular flexibility index (Phi) is 4.38. The van der Waals surface area contributed by atoms with Gasteiger partial charge in [-0.2, -0.15) is 13.2 Å². The number of likely N-dealkylation sites (tertiary alicyclic amines) is 1. The fourth-order valence-electron chi connectivity index (χ4n) is 3.35. The van der Waals surface area contributed by atoms with E-state index in [4.69, 9.17) is 5.11 Å². The molecule has 1 N–H and O–H groups in total. The second-order valence-electron chi connectivity index (χ2n) is 5.82. The summed E-state index contributed by atoms with van der Waals surface area (Å²) in [6.07, 6.45) is 1.20. The van der Waals surface area contributed by atoms with E-state index in [1.54, 1.807) is 4.90 Å². The molecular formula is C13H20F3NO2. The molecule has 0 aromatic carbocycles. The van der Waals surface area contributed by atoms with E-state index in [1.807, 2.05) is 0 Å². The number of aliphatic carboxylic acids is 1. The number of rotatable bonds is 3. The molecule has 110 valence electrons. The van der Waals surface area contributed by atoms with Crippen molar-refractivity contribution in [2.24, 2.45) is 17.8 Å². The second kappa shape index (κ2) is 5.69. The monoisotopic (exact) mass is 279 g/mol. The minimum Gasteiger partial charge on any atom is -0.481 e. The number of alkyl halides is 3. The van der Waals surface area contributed by atoms with E-state index >= 15 is 0 Å². The lowest BCUT2D eigenvalue weighted by atomic mass is 9.89. The van der Waals surface area contributed by atoms with Gasteiger partial charge in [0.1, 0.15) is 0 Å². The van der Waals surface area contributed by atoms with Crippen LogP contribution in [-0.2, 0) is 4.79 Å². The fourth-order valence-corrected chi connectivity index (χ4v) is 3.35. The Hall–Kier alpha value is -0.780. The number of carbonyl (C=O) groups is 1. The van der Waals surface area contributed by atoms with Crippen LogP contribution in [0.5, 0.6) is 0 Å². The third-order valence-electron chi connectivity index (χ3n) is 4.37. The highest BCUT2D eigenvalue weighted by molar-refractivity contribution is 5.71. The first-order valence-corrected chi connectivity index (χ1v) is 6.90. The molecular weight excluding hydrogens is 259 g/mol. The van der Waals surface area contributed by atoms with Gasteiger partial charge in [-0.1, -0.05) is 19.3 Å². The predicted molar refractivity (Wildman–Crippen MR) is 63.7 cm³/mol. The first-order valence-electron chi connectivity index (χ1n) is 6.90. The lowest BCUT2D eigenvalue weighted by Gasteiger charge is -2.26. The summed E-state index contributed by atoms with van der Waals surface area (Å²) in [5, 5.41) is 8.94. The lowest BCUT2D eigenvalue weighted by molar-refractivity contribution is -0.188. The van der Waals surface area contributed by atoms with Gasteiger partial charge in [-0.3, -0.25) is 4.79 Å². The molecule has 1 heterocycles. The van der Waals surface area contributed by atoms with E-state index in [1.165, 1.54) is 6.42 Å². The van der Waals surface area contributed by atoms with E-state index < -0.39 is 24.0 Å². The largest absolute Gasteiger partial charge is 0.481 e. The molecule has 0 unspecified atom stereocenters. The molecule has 2 atom stereocenters. The molecule has 2 rings (SSSR count). The number of hydrogen-bond acceptors (Lipinski definition) is 2. The van der Waals surface area contributed by atoms with Crippen LogP contribution in [0.15, 0.2) is 0 Å². The van der Waals surface area contributed by atoms with Crippen LogP contribution in [0.3, 0.4) is 0 Å². The maximum Gasteiger partial charge on any atom is 0.393 e. The Morgan fingerprint density at radius 1 is 1.16 bits per heavy atom. The molecule has 0 aromatic rings. The first kappa shape index (κ1) is 14.6.